The van der Waals surface area contributed by atoms with Gasteiger partial charge in [0.15, 0.2) is 0 Å². The highest BCUT2D eigenvalue weighted by atomic mass is 15.3. The van der Waals surface area contributed by atoms with Crippen LogP contribution in [-0.4, -0.2) is 15.8 Å². The summed E-state index contributed by atoms with van der Waals surface area (Å²) >= 11 is 0. The number of benzene rings is 1. The van der Waals surface area contributed by atoms with Crippen LogP contribution in [0.1, 0.15) is 35.2 Å². The lowest BCUT2D eigenvalue weighted by molar-refractivity contribution is 0.592. The molecule has 3 nitrogen and oxygen atoms in total. The van der Waals surface area contributed by atoms with E-state index in [4.69, 9.17) is 0 Å². The van der Waals surface area contributed by atoms with Crippen molar-refractivity contribution in [2.75, 3.05) is 0 Å². The van der Waals surface area contributed by atoms with Gasteiger partial charge in [-0.15, -0.1) is 0 Å². The molecule has 100 valence electrons. The second-order valence-electron chi connectivity index (χ2n) is 5.57. The molecule has 0 amide bonds. The molecule has 19 heavy (non-hydrogen) atoms. The van der Waals surface area contributed by atoms with Crippen LogP contribution in [0.5, 0.6) is 0 Å². The minimum absolute atomic E-state index is 0.740. The highest BCUT2D eigenvalue weighted by molar-refractivity contribution is 5.30. The van der Waals surface area contributed by atoms with Crippen molar-refractivity contribution in [2.45, 2.75) is 45.8 Å². The average molecular weight is 255 g/mol. The van der Waals surface area contributed by atoms with E-state index in [0.29, 0.717) is 0 Å². The Bertz CT molecular complexity index is 567. The molecule has 1 fully saturated rings. The van der Waals surface area contributed by atoms with Crippen molar-refractivity contribution < 1.29 is 0 Å². The summed E-state index contributed by atoms with van der Waals surface area (Å²) in [6.45, 7) is 6.10. The molecule has 0 spiro atoms. The first-order chi connectivity index (χ1) is 9.22. The summed E-state index contributed by atoms with van der Waals surface area (Å²) in [7, 11) is 0. The highest BCUT2D eigenvalue weighted by Crippen LogP contribution is 2.19. The molecule has 1 saturated carbocycles. The molecule has 1 heterocycles. The van der Waals surface area contributed by atoms with E-state index in [1.54, 1.807) is 0 Å². The lowest BCUT2D eigenvalue weighted by atomic mass is 10.1. The summed E-state index contributed by atoms with van der Waals surface area (Å²) in [5.41, 5.74) is 5.27. The molecule has 0 saturated heterocycles. The van der Waals surface area contributed by atoms with E-state index in [-0.39, 0.29) is 0 Å². The van der Waals surface area contributed by atoms with Gasteiger partial charge in [0.05, 0.1) is 12.2 Å². The first-order valence-electron chi connectivity index (χ1n) is 7.02. The zero-order valence-corrected chi connectivity index (χ0v) is 11.7. The van der Waals surface area contributed by atoms with Crippen LogP contribution < -0.4 is 5.32 Å². The Morgan fingerprint density at radius 2 is 2.11 bits per heavy atom. The summed E-state index contributed by atoms with van der Waals surface area (Å²) < 4.78 is 2.11. The summed E-state index contributed by atoms with van der Waals surface area (Å²) in [5, 5.41) is 8.01. The van der Waals surface area contributed by atoms with Gasteiger partial charge >= 0.3 is 0 Å². The highest BCUT2D eigenvalue weighted by Gasteiger charge is 2.20. The summed E-state index contributed by atoms with van der Waals surface area (Å²) in [5.74, 6) is 0. The monoisotopic (exact) mass is 255 g/mol. The predicted octanol–water partition coefficient (Wildman–Crippen LogP) is 2.80. The van der Waals surface area contributed by atoms with E-state index in [1.807, 2.05) is 6.20 Å². The van der Waals surface area contributed by atoms with Gasteiger partial charge in [0.25, 0.3) is 0 Å². The van der Waals surface area contributed by atoms with Crippen molar-refractivity contribution in [2.24, 2.45) is 0 Å². The number of hydrogen-bond acceptors (Lipinski definition) is 2. The fraction of sp³-hybridized carbons (Fsp3) is 0.438. The van der Waals surface area contributed by atoms with Crippen LogP contribution in [0.3, 0.4) is 0 Å². The average Bonchev–Trinajstić information content (AvgIpc) is 3.12. The van der Waals surface area contributed by atoms with E-state index in [1.165, 1.54) is 35.2 Å². The Hall–Kier alpha value is -1.61. The normalized spacial score (nSPS) is 14.8. The maximum absolute atomic E-state index is 4.46. The van der Waals surface area contributed by atoms with Crippen molar-refractivity contribution in [3.63, 3.8) is 0 Å². The third kappa shape index (κ3) is 3.04. The van der Waals surface area contributed by atoms with Crippen molar-refractivity contribution in [1.29, 1.82) is 0 Å². The molecule has 2 aromatic rings. The first kappa shape index (κ1) is 12.4. The fourth-order valence-electron chi connectivity index (χ4n) is 2.32. The largest absolute Gasteiger partial charge is 0.308 e. The van der Waals surface area contributed by atoms with Gasteiger partial charge in [-0.05, 0) is 43.9 Å². The third-order valence-corrected chi connectivity index (χ3v) is 3.78. The van der Waals surface area contributed by atoms with Gasteiger partial charge < -0.3 is 5.32 Å². The molecule has 3 heteroatoms. The molecule has 1 aliphatic rings. The fourth-order valence-corrected chi connectivity index (χ4v) is 2.32. The van der Waals surface area contributed by atoms with Crippen LogP contribution in [0, 0.1) is 13.8 Å². The van der Waals surface area contributed by atoms with Crippen LogP contribution in [-0.2, 0) is 13.1 Å². The topological polar surface area (TPSA) is 29.9 Å². The SMILES string of the molecule is Cc1ccc(C)c(Cn2nccc2CNC2CC2)c1. The van der Waals surface area contributed by atoms with E-state index in [0.717, 1.165) is 19.1 Å². The Kier molecular flexibility index (Phi) is 3.38. The Morgan fingerprint density at radius 1 is 1.26 bits per heavy atom. The molecule has 0 bridgehead atoms. The van der Waals surface area contributed by atoms with E-state index >= 15 is 0 Å². The second-order valence-corrected chi connectivity index (χ2v) is 5.57. The zero-order valence-electron chi connectivity index (χ0n) is 11.7. The molecule has 1 N–H and O–H groups in total. The smallest absolute Gasteiger partial charge is 0.0665 e. The lowest BCUT2D eigenvalue weighted by Crippen LogP contribution is -2.19. The maximum atomic E-state index is 4.46. The molecule has 0 unspecified atom stereocenters. The van der Waals surface area contributed by atoms with Crippen LogP contribution in [0.4, 0.5) is 0 Å². The van der Waals surface area contributed by atoms with Crippen molar-refractivity contribution in [3.8, 4) is 0 Å². The molecule has 1 aromatic heterocycles. The number of hydrogen-bond donors (Lipinski definition) is 1. The third-order valence-electron chi connectivity index (χ3n) is 3.78. The number of nitrogens with one attached hydrogen (secondary N) is 1. The van der Waals surface area contributed by atoms with Gasteiger partial charge in [0.2, 0.25) is 0 Å². The van der Waals surface area contributed by atoms with Crippen LogP contribution in [0.25, 0.3) is 0 Å². The predicted molar refractivity (Wildman–Crippen MR) is 77.1 cm³/mol. The lowest BCUT2D eigenvalue weighted by Gasteiger charge is -2.11. The Balaban J connectivity index is 1.74. The van der Waals surface area contributed by atoms with Gasteiger partial charge in [-0.3, -0.25) is 4.68 Å². The second kappa shape index (κ2) is 5.17. The van der Waals surface area contributed by atoms with Crippen molar-refractivity contribution >= 4 is 0 Å². The number of nitrogens with zero attached hydrogens (tertiary/aromatic N) is 2. The zero-order chi connectivity index (χ0) is 13.2. The van der Waals surface area contributed by atoms with Gasteiger partial charge in [-0.2, -0.15) is 5.10 Å². The maximum Gasteiger partial charge on any atom is 0.0665 e. The van der Waals surface area contributed by atoms with Crippen LogP contribution in [0.2, 0.25) is 0 Å². The minimum atomic E-state index is 0.740. The van der Waals surface area contributed by atoms with Crippen LogP contribution >= 0.6 is 0 Å². The summed E-state index contributed by atoms with van der Waals surface area (Å²) in [6.07, 6.45) is 4.55. The molecule has 1 aromatic carbocycles. The number of aryl methyl sites for hydroxylation is 2. The van der Waals surface area contributed by atoms with Gasteiger partial charge in [-0.25, -0.2) is 0 Å². The van der Waals surface area contributed by atoms with E-state index < -0.39 is 0 Å². The standard InChI is InChI=1S/C16H21N3/c1-12-3-4-13(2)14(9-12)11-19-16(7-8-18-19)10-17-15-5-6-15/h3-4,7-9,15,17H,5-6,10-11H2,1-2H3. The molecule has 0 radical (unpaired) electrons. The molecule has 3 rings (SSSR count). The number of rotatable bonds is 5. The van der Waals surface area contributed by atoms with Gasteiger partial charge in [-0.1, -0.05) is 23.8 Å². The van der Waals surface area contributed by atoms with Crippen molar-refractivity contribution in [3.05, 3.63) is 52.8 Å². The van der Waals surface area contributed by atoms with E-state index in [9.17, 15) is 0 Å². The summed E-state index contributed by atoms with van der Waals surface area (Å²) in [4.78, 5) is 0. The van der Waals surface area contributed by atoms with Crippen LogP contribution in [0.15, 0.2) is 30.5 Å². The molecule has 0 aliphatic heterocycles. The minimum Gasteiger partial charge on any atom is -0.308 e. The quantitative estimate of drug-likeness (QED) is 0.890. The van der Waals surface area contributed by atoms with E-state index in [2.05, 4.69) is 53.2 Å². The van der Waals surface area contributed by atoms with Crippen molar-refractivity contribution in [1.82, 2.24) is 15.1 Å². The Morgan fingerprint density at radius 3 is 2.89 bits per heavy atom. The molecular weight excluding hydrogens is 234 g/mol. The first-order valence-corrected chi connectivity index (χ1v) is 7.02. The van der Waals surface area contributed by atoms with Gasteiger partial charge in [0, 0.05) is 18.8 Å². The summed E-state index contributed by atoms with van der Waals surface area (Å²) in [6, 6.07) is 9.47. The molecule has 0 atom stereocenters. The number of aromatic nitrogens is 2. The molecular formula is C16H21N3. The Labute approximate surface area is 114 Å². The van der Waals surface area contributed by atoms with Gasteiger partial charge in [0.1, 0.15) is 0 Å². The molecule has 1 aliphatic carbocycles.